The van der Waals surface area contributed by atoms with E-state index in [9.17, 15) is 9.59 Å². The summed E-state index contributed by atoms with van der Waals surface area (Å²) in [7, 11) is 0. The molecule has 1 rings (SSSR count). The van der Waals surface area contributed by atoms with Crippen molar-refractivity contribution in [3.8, 4) is 0 Å². The fourth-order valence-corrected chi connectivity index (χ4v) is 1.39. The fourth-order valence-electron chi connectivity index (χ4n) is 1.39. The van der Waals surface area contributed by atoms with E-state index in [1.165, 1.54) is 6.92 Å². The van der Waals surface area contributed by atoms with Gasteiger partial charge < -0.3 is 21.1 Å². The first kappa shape index (κ1) is 15.0. The Morgan fingerprint density at radius 3 is 2.32 bits per heavy atom. The first-order valence-electron chi connectivity index (χ1n) is 5.90. The zero-order valence-electron chi connectivity index (χ0n) is 11.3. The van der Waals surface area contributed by atoms with E-state index in [1.807, 2.05) is 0 Å². The second-order valence-corrected chi connectivity index (χ2v) is 4.88. The number of anilines is 2. The van der Waals surface area contributed by atoms with Gasteiger partial charge in [0, 0.05) is 18.3 Å². The summed E-state index contributed by atoms with van der Waals surface area (Å²) in [5.74, 6) is -0.178. The SMILES string of the molecule is CC(=O)Nc1cccc(NC(=O)NC(C)(C)CO)c1. The van der Waals surface area contributed by atoms with Crippen LogP contribution in [0.5, 0.6) is 0 Å². The molecule has 0 aliphatic rings. The van der Waals surface area contributed by atoms with Crippen molar-refractivity contribution in [3.05, 3.63) is 24.3 Å². The summed E-state index contributed by atoms with van der Waals surface area (Å²) in [6, 6.07) is 6.38. The summed E-state index contributed by atoms with van der Waals surface area (Å²) in [5, 5.41) is 17.0. The molecule has 1 aromatic rings. The number of amides is 3. The standard InChI is InChI=1S/C13H19N3O3/c1-9(18)14-10-5-4-6-11(7-10)15-12(19)16-13(2,3)8-17/h4-7,17H,8H2,1-3H3,(H,14,18)(H2,15,16,19). The number of carbonyl (C=O) groups is 2. The number of aliphatic hydroxyl groups is 1. The molecule has 1 aromatic carbocycles. The minimum Gasteiger partial charge on any atom is -0.394 e. The lowest BCUT2D eigenvalue weighted by atomic mass is 10.1. The van der Waals surface area contributed by atoms with Gasteiger partial charge in [0.1, 0.15) is 0 Å². The maximum Gasteiger partial charge on any atom is 0.319 e. The number of hydrogen-bond acceptors (Lipinski definition) is 3. The van der Waals surface area contributed by atoms with Crippen molar-refractivity contribution >= 4 is 23.3 Å². The molecule has 0 aliphatic heterocycles. The molecular formula is C13H19N3O3. The molecule has 0 saturated heterocycles. The molecule has 0 heterocycles. The van der Waals surface area contributed by atoms with Crippen LogP contribution in [0.15, 0.2) is 24.3 Å². The molecule has 6 heteroatoms. The highest BCUT2D eigenvalue weighted by Crippen LogP contribution is 2.15. The normalized spacial score (nSPS) is 10.7. The predicted molar refractivity (Wildman–Crippen MR) is 74.1 cm³/mol. The van der Waals surface area contributed by atoms with Crippen molar-refractivity contribution in [1.82, 2.24) is 5.32 Å². The lowest BCUT2D eigenvalue weighted by Gasteiger charge is -2.23. The van der Waals surface area contributed by atoms with Gasteiger partial charge in [0.05, 0.1) is 12.1 Å². The van der Waals surface area contributed by atoms with Gasteiger partial charge in [-0.15, -0.1) is 0 Å². The van der Waals surface area contributed by atoms with Gasteiger partial charge in [0.15, 0.2) is 0 Å². The van der Waals surface area contributed by atoms with Crippen molar-refractivity contribution in [3.63, 3.8) is 0 Å². The zero-order valence-corrected chi connectivity index (χ0v) is 11.3. The van der Waals surface area contributed by atoms with Crippen LogP contribution in [0.25, 0.3) is 0 Å². The highest BCUT2D eigenvalue weighted by atomic mass is 16.3. The van der Waals surface area contributed by atoms with Crippen molar-refractivity contribution in [2.75, 3.05) is 17.2 Å². The van der Waals surface area contributed by atoms with Crippen LogP contribution in [0, 0.1) is 0 Å². The van der Waals surface area contributed by atoms with E-state index in [2.05, 4.69) is 16.0 Å². The molecule has 3 amide bonds. The second kappa shape index (κ2) is 6.19. The lowest BCUT2D eigenvalue weighted by Crippen LogP contribution is -2.48. The number of carbonyl (C=O) groups excluding carboxylic acids is 2. The van der Waals surface area contributed by atoms with Crippen LogP contribution in [0.2, 0.25) is 0 Å². The molecule has 0 saturated carbocycles. The molecule has 0 unspecified atom stereocenters. The first-order valence-corrected chi connectivity index (χ1v) is 5.90. The van der Waals surface area contributed by atoms with Gasteiger partial charge in [-0.2, -0.15) is 0 Å². The van der Waals surface area contributed by atoms with E-state index in [0.29, 0.717) is 11.4 Å². The number of aliphatic hydroxyl groups excluding tert-OH is 1. The average Bonchev–Trinajstić information content (AvgIpc) is 2.27. The first-order chi connectivity index (χ1) is 8.82. The topological polar surface area (TPSA) is 90.5 Å². The Morgan fingerprint density at radius 1 is 1.21 bits per heavy atom. The van der Waals surface area contributed by atoms with Gasteiger partial charge in [0.2, 0.25) is 5.91 Å². The largest absolute Gasteiger partial charge is 0.394 e. The van der Waals surface area contributed by atoms with Crippen LogP contribution in [-0.4, -0.2) is 29.2 Å². The van der Waals surface area contributed by atoms with Gasteiger partial charge in [-0.1, -0.05) is 6.07 Å². The van der Waals surface area contributed by atoms with Crippen LogP contribution < -0.4 is 16.0 Å². The number of benzene rings is 1. The highest BCUT2D eigenvalue weighted by Gasteiger charge is 2.18. The summed E-state index contributed by atoms with van der Waals surface area (Å²) in [5.41, 5.74) is 0.462. The van der Waals surface area contributed by atoms with Crippen LogP contribution in [-0.2, 0) is 4.79 Å². The number of nitrogens with one attached hydrogen (secondary N) is 3. The monoisotopic (exact) mass is 265 g/mol. The Balaban J connectivity index is 2.67. The van der Waals surface area contributed by atoms with E-state index in [1.54, 1.807) is 38.1 Å². The Bertz CT molecular complexity index is 472. The van der Waals surface area contributed by atoms with Gasteiger partial charge in [-0.3, -0.25) is 4.79 Å². The predicted octanol–water partition coefficient (Wildman–Crippen LogP) is 1.54. The molecule has 0 fully saturated rings. The highest BCUT2D eigenvalue weighted by molar-refractivity contribution is 5.92. The smallest absolute Gasteiger partial charge is 0.319 e. The Morgan fingerprint density at radius 2 is 1.79 bits per heavy atom. The lowest BCUT2D eigenvalue weighted by molar-refractivity contribution is -0.114. The summed E-state index contributed by atoms with van der Waals surface area (Å²) in [4.78, 5) is 22.6. The summed E-state index contributed by atoms with van der Waals surface area (Å²) in [6.07, 6.45) is 0. The van der Waals surface area contributed by atoms with Gasteiger partial charge in [-0.05, 0) is 32.0 Å². The zero-order chi connectivity index (χ0) is 14.5. The molecule has 0 aliphatic carbocycles. The fraction of sp³-hybridized carbons (Fsp3) is 0.385. The molecule has 19 heavy (non-hydrogen) atoms. The van der Waals surface area contributed by atoms with Crippen LogP contribution >= 0.6 is 0 Å². The molecular weight excluding hydrogens is 246 g/mol. The molecule has 0 spiro atoms. The van der Waals surface area contributed by atoms with Gasteiger partial charge in [0.25, 0.3) is 0 Å². The molecule has 0 atom stereocenters. The second-order valence-electron chi connectivity index (χ2n) is 4.88. The van der Waals surface area contributed by atoms with Crippen molar-refractivity contribution in [1.29, 1.82) is 0 Å². The van der Waals surface area contributed by atoms with E-state index in [0.717, 1.165) is 0 Å². The number of urea groups is 1. The molecule has 0 radical (unpaired) electrons. The quantitative estimate of drug-likeness (QED) is 0.665. The Hall–Kier alpha value is -2.08. The van der Waals surface area contributed by atoms with Crippen LogP contribution in [0.1, 0.15) is 20.8 Å². The number of hydrogen-bond donors (Lipinski definition) is 4. The summed E-state index contributed by atoms with van der Waals surface area (Å²) >= 11 is 0. The number of rotatable bonds is 4. The molecule has 4 N–H and O–H groups in total. The van der Waals surface area contributed by atoms with E-state index < -0.39 is 11.6 Å². The van der Waals surface area contributed by atoms with E-state index in [4.69, 9.17) is 5.11 Å². The Kier molecular flexibility index (Phi) is 4.88. The molecule has 0 aromatic heterocycles. The van der Waals surface area contributed by atoms with Crippen molar-refractivity contribution < 1.29 is 14.7 Å². The minimum absolute atomic E-state index is 0.160. The maximum atomic E-state index is 11.7. The van der Waals surface area contributed by atoms with Crippen LogP contribution in [0.4, 0.5) is 16.2 Å². The average molecular weight is 265 g/mol. The van der Waals surface area contributed by atoms with E-state index in [-0.39, 0.29) is 12.5 Å². The van der Waals surface area contributed by atoms with Crippen molar-refractivity contribution in [2.24, 2.45) is 0 Å². The van der Waals surface area contributed by atoms with Gasteiger partial charge in [-0.25, -0.2) is 4.79 Å². The summed E-state index contributed by atoms with van der Waals surface area (Å²) < 4.78 is 0. The summed E-state index contributed by atoms with van der Waals surface area (Å²) in [6.45, 7) is 4.67. The molecule has 0 bridgehead atoms. The third-order valence-electron chi connectivity index (χ3n) is 2.29. The third kappa shape index (κ3) is 5.39. The molecule has 104 valence electrons. The van der Waals surface area contributed by atoms with Crippen molar-refractivity contribution in [2.45, 2.75) is 26.3 Å². The molecule has 6 nitrogen and oxygen atoms in total. The maximum absolute atomic E-state index is 11.7. The minimum atomic E-state index is -0.695. The van der Waals surface area contributed by atoms with Crippen LogP contribution in [0.3, 0.4) is 0 Å². The third-order valence-corrected chi connectivity index (χ3v) is 2.29. The van der Waals surface area contributed by atoms with Gasteiger partial charge >= 0.3 is 6.03 Å². The van der Waals surface area contributed by atoms with E-state index >= 15 is 0 Å². The Labute approximate surface area is 112 Å².